The fraction of sp³-hybridized carbons (Fsp3) is 0.606. The molecule has 5 rings (SSSR count). The molecule has 2 atom stereocenters. The lowest BCUT2D eigenvalue weighted by Gasteiger charge is -2.42. The largest absolute Gasteiger partial charge is 0.461 e. The molecular weight excluding hydrogens is 574 g/mol. The zero-order valence-electron chi connectivity index (χ0n) is 27.1. The van der Waals surface area contributed by atoms with Crippen LogP contribution in [-0.2, 0) is 29.0 Å². The second-order valence-corrected chi connectivity index (χ2v) is 13.4. The molecule has 0 radical (unpaired) electrons. The second-order valence-electron chi connectivity index (χ2n) is 13.4. The smallest absolute Gasteiger partial charge is 0.410 e. The van der Waals surface area contributed by atoms with Gasteiger partial charge in [0.15, 0.2) is 0 Å². The Morgan fingerprint density at radius 1 is 1.09 bits per heavy atom. The number of nitrogens with zero attached hydrogens (tertiary/aromatic N) is 7. The van der Waals surface area contributed by atoms with Crippen molar-refractivity contribution in [2.75, 3.05) is 51.3 Å². The fourth-order valence-electron chi connectivity index (χ4n) is 6.13. The van der Waals surface area contributed by atoms with Gasteiger partial charge in [-0.2, -0.15) is 15.2 Å². The molecule has 1 aromatic heterocycles. The lowest BCUT2D eigenvalue weighted by atomic mass is 10.0. The number of piperazine rings is 1. The van der Waals surface area contributed by atoms with Gasteiger partial charge < -0.3 is 28.9 Å². The first-order valence-corrected chi connectivity index (χ1v) is 15.8. The summed E-state index contributed by atoms with van der Waals surface area (Å²) in [5.41, 5.74) is 1.83. The van der Waals surface area contributed by atoms with Crippen molar-refractivity contribution in [2.45, 2.75) is 83.7 Å². The van der Waals surface area contributed by atoms with E-state index in [9.17, 15) is 14.9 Å². The summed E-state index contributed by atoms with van der Waals surface area (Å²) in [4.78, 5) is 43.6. The Morgan fingerprint density at radius 3 is 2.56 bits per heavy atom. The summed E-state index contributed by atoms with van der Waals surface area (Å²) in [6.45, 7) is 11.4. The third-order valence-corrected chi connectivity index (χ3v) is 8.87. The first-order valence-electron chi connectivity index (χ1n) is 15.8. The van der Waals surface area contributed by atoms with Crippen LogP contribution in [0.2, 0.25) is 0 Å². The van der Waals surface area contributed by atoms with Crippen molar-refractivity contribution in [2.24, 2.45) is 0 Å². The molecule has 2 amide bonds. The summed E-state index contributed by atoms with van der Waals surface area (Å²) in [7, 11) is 2.11. The van der Waals surface area contributed by atoms with E-state index in [4.69, 9.17) is 24.2 Å². The van der Waals surface area contributed by atoms with E-state index in [1.54, 1.807) is 9.80 Å². The molecule has 12 heteroatoms. The van der Waals surface area contributed by atoms with Crippen molar-refractivity contribution < 1.29 is 23.8 Å². The van der Waals surface area contributed by atoms with E-state index in [1.165, 1.54) is 0 Å². The molecule has 2 aromatic rings. The summed E-state index contributed by atoms with van der Waals surface area (Å²) in [5, 5.41) is 9.61. The minimum atomic E-state index is -0.637. The molecule has 2 fully saturated rings. The van der Waals surface area contributed by atoms with Crippen LogP contribution >= 0.6 is 0 Å². The Balaban J connectivity index is 1.38. The molecule has 3 aliphatic rings. The molecule has 12 nitrogen and oxygen atoms in total. The molecule has 2 unspecified atom stereocenters. The molecule has 4 heterocycles. The average Bonchev–Trinajstić information content (AvgIpc) is 3.35. The molecule has 0 bridgehead atoms. The summed E-state index contributed by atoms with van der Waals surface area (Å²) in [6, 6.07) is 11.7. The molecular formula is C33H45N7O5. The van der Waals surface area contributed by atoms with Gasteiger partial charge in [0.05, 0.1) is 36.3 Å². The number of nitriles is 1. The fourth-order valence-corrected chi connectivity index (χ4v) is 6.13. The Kier molecular flexibility index (Phi) is 9.68. The molecule has 0 N–H and O–H groups in total. The van der Waals surface area contributed by atoms with Crippen LogP contribution < -0.4 is 9.64 Å². The number of ether oxygens (including phenoxy) is 3. The van der Waals surface area contributed by atoms with Gasteiger partial charge in [0, 0.05) is 31.7 Å². The number of anilines is 1. The maximum absolute atomic E-state index is 13.1. The topological polar surface area (TPSA) is 124 Å². The number of benzene rings is 1. The summed E-state index contributed by atoms with van der Waals surface area (Å²) >= 11 is 0. The van der Waals surface area contributed by atoms with Crippen LogP contribution in [0.5, 0.6) is 6.01 Å². The predicted molar refractivity (Wildman–Crippen MR) is 168 cm³/mol. The number of hydrogen-bond acceptors (Lipinski definition) is 10. The van der Waals surface area contributed by atoms with Gasteiger partial charge in [-0.25, -0.2) is 9.59 Å². The maximum atomic E-state index is 13.1. The van der Waals surface area contributed by atoms with Gasteiger partial charge in [-0.15, -0.1) is 0 Å². The molecule has 45 heavy (non-hydrogen) atoms. The third-order valence-electron chi connectivity index (χ3n) is 8.87. The number of fused-ring (bicyclic) bond motifs is 1. The van der Waals surface area contributed by atoms with Crippen LogP contribution in [0.4, 0.5) is 15.4 Å². The van der Waals surface area contributed by atoms with Gasteiger partial charge in [-0.3, -0.25) is 4.90 Å². The van der Waals surface area contributed by atoms with E-state index in [1.807, 2.05) is 51.1 Å². The number of aromatic nitrogens is 2. The van der Waals surface area contributed by atoms with Gasteiger partial charge in [0.25, 0.3) is 0 Å². The SMILES string of the molecule is CN1CCCC1(C)COc1nc2c(c(N3CCN(C(=O)OC(C)(C)C)C(CC#N)C3)n1)CCN(C(=O)OCc1ccccc1)C2. The van der Waals surface area contributed by atoms with Crippen LogP contribution in [0.3, 0.4) is 0 Å². The average molecular weight is 620 g/mol. The number of amides is 2. The number of likely N-dealkylation sites (tertiary alicyclic amines) is 1. The molecule has 0 saturated carbocycles. The van der Waals surface area contributed by atoms with Gasteiger partial charge in [-0.1, -0.05) is 30.3 Å². The monoisotopic (exact) mass is 619 g/mol. The standard InChI is InChI=1S/C33H45N7O5/c1-32(2,3)45-31(42)40-19-18-38(20-25(40)12-15-34)28-26-13-17-39(30(41)43-22-24-10-7-6-8-11-24)21-27(26)35-29(36-28)44-23-33(4)14-9-16-37(33)5/h6-8,10-11,25H,9,12-14,16-23H2,1-5H3. The highest BCUT2D eigenvalue weighted by molar-refractivity contribution is 5.70. The quantitative estimate of drug-likeness (QED) is 0.441. The molecule has 2 saturated heterocycles. The molecule has 0 spiro atoms. The second kappa shape index (κ2) is 13.5. The molecule has 0 aliphatic carbocycles. The minimum absolute atomic E-state index is 0.121. The summed E-state index contributed by atoms with van der Waals surface area (Å²) in [6.07, 6.45) is 2.01. The number of carbonyl (C=O) groups is 2. The van der Waals surface area contributed by atoms with E-state index in [-0.39, 0.29) is 37.2 Å². The first kappa shape index (κ1) is 32.3. The number of hydrogen-bond donors (Lipinski definition) is 0. The highest BCUT2D eigenvalue weighted by atomic mass is 16.6. The Bertz CT molecular complexity index is 1410. The number of likely N-dealkylation sites (N-methyl/N-ethyl adjacent to an activating group) is 1. The van der Waals surface area contributed by atoms with Crippen molar-refractivity contribution in [1.82, 2.24) is 24.7 Å². The van der Waals surface area contributed by atoms with Gasteiger partial charge >= 0.3 is 18.2 Å². The van der Waals surface area contributed by atoms with Gasteiger partial charge in [0.1, 0.15) is 24.6 Å². The minimum Gasteiger partial charge on any atom is -0.461 e. The lowest BCUT2D eigenvalue weighted by molar-refractivity contribution is 0.0144. The molecule has 1 aromatic carbocycles. The van der Waals surface area contributed by atoms with E-state index < -0.39 is 17.8 Å². The highest BCUT2D eigenvalue weighted by Crippen LogP contribution is 2.33. The van der Waals surface area contributed by atoms with Crippen molar-refractivity contribution >= 4 is 18.0 Å². The van der Waals surface area contributed by atoms with Crippen molar-refractivity contribution in [3.63, 3.8) is 0 Å². The lowest BCUT2D eigenvalue weighted by Crippen LogP contribution is -2.56. The van der Waals surface area contributed by atoms with Crippen LogP contribution in [0.15, 0.2) is 30.3 Å². The van der Waals surface area contributed by atoms with E-state index >= 15 is 0 Å². The summed E-state index contributed by atoms with van der Waals surface area (Å²) < 4.78 is 17.6. The van der Waals surface area contributed by atoms with Crippen LogP contribution in [0.1, 0.15) is 63.8 Å². The molecule has 242 valence electrons. The van der Waals surface area contributed by atoms with Crippen LogP contribution in [-0.4, -0.2) is 100 Å². The first-order chi connectivity index (χ1) is 21.5. The van der Waals surface area contributed by atoms with E-state index in [2.05, 4.69) is 29.8 Å². The zero-order chi connectivity index (χ0) is 32.2. The van der Waals surface area contributed by atoms with Crippen molar-refractivity contribution in [3.05, 3.63) is 47.2 Å². The van der Waals surface area contributed by atoms with Crippen LogP contribution in [0.25, 0.3) is 0 Å². The normalized spacial score (nSPS) is 22.0. The highest BCUT2D eigenvalue weighted by Gasteiger charge is 2.38. The maximum Gasteiger partial charge on any atom is 0.410 e. The Hall–Kier alpha value is -4.11. The Labute approximate surface area is 265 Å². The zero-order valence-corrected chi connectivity index (χ0v) is 27.1. The molecule has 3 aliphatic heterocycles. The van der Waals surface area contributed by atoms with Crippen molar-refractivity contribution in [1.29, 1.82) is 5.26 Å². The number of rotatable bonds is 7. The Morgan fingerprint density at radius 2 is 1.87 bits per heavy atom. The third kappa shape index (κ3) is 7.76. The predicted octanol–water partition coefficient (Wildman–Crippen LogP) is 4.37. The number of carbonyl (C=O) groups excluding carboxylic acids is 2. The summed E-state index contributed by atoms with van der Waals surface area (Å²) in [5.74, 6) is 0.726. The van der Waals surface area contributed by atoms with Crippen molar-refractivity contribution in [3.8, 4) is 12.1 Å². The van der Waals surface area contributed by atoms with Gasteiger partial charge in [-0.05, 0) is 66.1 Å². The van der Waals surface area contributed by atoms with Crippen LogP contribution in [0, 0.1) is 11.3 Å². The van der Waals surface area contributed by atoms with E-state index in [0.29, 0.717) is 44.9 Å². The van der Waals surface area contributed by atoms with Gasteiger partial charge in [0.2, 0.25) is 0 Å². The van der Waals surface area contributed by atoms with E-state index in [0.717, 1.165) is 36.3 Å².